The quantitative estimate of drug-likeness (QED) is 0.783. The highest BCUT2D eigenvalue weighted by Gasteiger charge is 2.30. The Hall–Kier alpha value is -2.64. The molecule has 0 aliphatic carbocycles. The first-order chi connectivity index (χ1) is 13.6. The maximum Gasteiger partial charge on any atom is 0.265 e. The van der Waals surface area contributed by atoms with Gasteiger partial charge < -0.3 is 9.64 Å². The minimum atomic E-state index is -0.239. The smallest absolute Gasteiger partial charge is 0.265 e. The van der Waals surface area contributed by atoms with Crippen LogP contribution < -0.4 is 9.64 Å². The molecule has 1 fully saturated rings. The molecule has 1 saturated heterocycles. The Kier molecular flexibility index (Phi) is 5.45. The summed E-state index contributed by atoms with van der Waals surface area (Å²) in [6.45, 7) is 3.52. The molecule has 2 aliphatic rings. The maximum absolute atomic E-state index is 12.8. The Labute approximate surface area is 168 Å². The van der Waals surface area contributed by atoms with Crippen LogP contribution in [0.3, 0.4) is 0 Å². The number of anilines is 1. The average molecular weight is 401 g/mol. The van der Waals surface area contributed by atoms with Crippen molar-refractivity contribution in [3.8, 4) is 5.75 Å². The summed E-state index contributed by atoms with van der Waals surface area (Å²) in [5.74, 6) is 0.257. The molecule has 1 aromatic carbocycles. The topological polar surface area (TPSA) is 66.0 Å². The molecule has 0 bridgehead atoms. The number of piperazine rings is 1. The highest BCUT2D eigenvalue weighted by atomic mass is 35.5. The number of fused-ring (bicyclic) bond motifs is 1. The molecule has 0 saturated carbocycles. The first kappa shape index (κ1) is 18.7. The van der Waals surface area contributed by atoms with Crippen molar-refractivity contribution in [2.24, 2.45) is 0 Å². The van der Waals surface area contributed by atoms with Crippen LogP contribution in [0.2, 0.25) is 5.02 Å². The molecule has 0 unspecified atom stereocenters. The van der Waals surface area contributed by atoms with E-state index >= 15 is 0 Å². The highest BCUT2D eigenvalue weighted by Crippen LogP contribution is 2.34. The third kappa shape index (κ3) is 4.10. The fourth-order valence-electron chi connectivity index (χ4n) is 3.46. The molecular formula is C20H21ClN4O3. The normalized spacial score (nSPS) is 17.2. The van der Waals surface area contributed by atoms with Crippen LogP contribution in [-0.4, -0.2) is 65.9 Å². The van der Waals surface area contributed by atoms with E-state index in [-0.39, 0.29) is 25.0 Å². The Morgan fingerprint density at radius 3 is 2.71 bits per heavy atom. The van der Waals surface area contributed by atoms with Gasteiger partial charge >= 0.3 is 0 Å². The van der Waals surface area contributed by atoms with Crippen molar-refractivity contribution in [3.63, 3.8) is 0 Å². The molecule has 146 valence electrons. The number of carbonyl (C=O) groups is 2. The molecule has 7 nitrogen and oxygen atoms in total. The van der Waals surface area contributed by atoms with Crippen molar-refractivity contribution in [2.75, 3.05) is 44.2 Å². The number of carbonyl (C=O) groups excluding carboxylic acids is 2. The molecule has 3 heterocycles. The molecule has 8 heteroatoms. The van der Waals surface area contributed by atoms with Gasteiger partial charge in [0.2, 0.25) is 5.91 Å². The van der Waals surface area contributed by atoms with Gasteiger partial charge in [-0.05, 0) is 30.3 Å². The number of nitrogens with zero attached hydrogens (tertiary/aromatic N) is 4. The number of amides is 2. The molecule has 0 atom stereocenters. The molecular weight excluding hydrogens is 380 g/mol. The van der Waals surface area contributed by atoms with Gasteiger partial charge in [-0.1, -0.05) is 17.7 Å². The summed E-state index contributed by atoms with van der Waals surface area (Å²) in [5, 5.41) is 0.498. The van der Waals surface area contributed by atoms with E-state index < -0.39 is 0 Å². The Bertz CT molecular complexity index is 869. The predicted molar refractivity (Wildman–Crippen MR) is 105 cm³/mol. The van der Waals surface area contributed by atoms with E-state index in [0.717, 1.165) is 25.3 Å². The third-order valence-electron chi connectivity index (χ3n) is 4.99. The van der Waals surface area contributed by atoms with Crippen molar-refractivity contribution in [2.45, 2.75) is 6.54 Å². The zero-order chi connectivity index (χ0) is 19.5. The van der Waals surface area contributed by atoms with Gasteiger partial charge in [-0.2, -0.15) is 0 Å². The maximum atomic E-state index is 12.8. The lowest BCUT2D eigenvalue weighted by atomic mass is 10.2. The summed E-state index contributed by atoms with van der Waals surface area (Å²) in [6, 6.07) is 11.0. The molecule has 0 N–H and O–H groups in total. The Morgan fingerprint density at radius 1 is 1.14 bits per heavy atom. The van der Waals surface area contributed by atoms with E-state index in [0.29, 0.717) is 29.5 Å². The predicted octanol–water partition coefficient (Wildman–Crippen LogP) is 1.80. The van der Waals surface area contributed by atoms with Gasteiger partial charge in [0.05, 0.1) is 11.4 Å². The van der Waals surface area contributed by atoms with E-state index in [1.165, 1.54) is 4.90 Å². The first-order valence-corrected chi connectivity index (χ1v) is 9.61. The van der Waals surface area contributed by atoms with E-state index in [4.69, 9.17) is 16.3 Å². The van der Waals surface area contributed by atoms with Gasteiger partial charge in [0, 0.05) is 43.9 Å². The fourth-order valence-corrected chi connectivity index (χ4v) is 3.63. The molecule has 0 spiro atoms. The van der Waals surface area contributed by atoms with Crippen molar-refractivity contribution in [1.29, 1.82) is 0 Å². The van der Waals surface area contributed by atoms with Gasteiger partial charge in [0.25, 0.3) is 5.91 Å². The van der Waals surface area contributed by atoms with Crippen LogP contribution in [0.4, 0.5) is 5.69 Å². The minimum absolute atomic E-state index is 0.00419. The summed E-state index contributed by atoms with van der Waals surface area (Å²) in [4.78, 5) is 35.0. The second-order valence-corrected chi connectivity index (χ2v) is 7.30. The number of pyridine rings is 1. The molecule has 1 aromatic heterocycles. The van der Waals surface area contributed by atoms with Crippen molar-refractivity contribution in [1.82, 2.24) is 14.8 Å². The van der Waals surface area contributed by atoms with Crippen LogP contribution in [0.25, 0.3) is 0 Å². The zero-order valence-corrected chi connectivity index (χ0v) is 16.1. The van der Waals surface area contributed by atoms with Gasteiger partial charge in [-0.25, -0.2) is 0 Å². The number of ether oxygens (including phenoxy) is 1. The standard InChI is InChI=1S/C20H21ClN4O3/c21-15-4-5-18-17(11-15)25(20(27)14-28-18)13-19(26)24-9-7-23(8-10-24)12-16-3-1-2-6-22-16/h1-6,11H,7-10,12-14H2. The second-order valence-electron chi connectivity index (χ2n) is 6.86. The van der Waals surface area contributed by atoms with Crippen LogP contribution in [0.1, 0.15) is 5.69 Å². The van der Waals surface area contributed by atoms with E-state index in [9.17, 15) is 9.59 Å². The summed E-state index contributed by atoms with van der Waals surface area (Å²) in [5.41, 5.74) is 1.57. The van der Waals surface area contributed by atoms with Crippen LogP contribution in [0.5, 0.6) is 5.75 Å². The molecule has 0 radical (unpaired) electrons. The second kappa shape index (κ2) is 8.16. The first-order valence-electron chi connectivity index (χ1n) is 9.23. The summed E-state index contributed by atoms with van der Waals surface area (Å²) in [6.07, 6.45) is 1.79. The minimum Gasteiger partial charge on any atom is -0.482 e. The molecule has 2 aliphatic heterocycles. The van der Waals surface area contributed by atoms with E-state index in [2.05, 4.69) is 9.88 Å². The molecule has 2 aromatic rings. The lowest BCUT2D eigenvalue weighted by molar-refractivity contribution is -0.133. The van der Waals surface area contributed by atoms with Crippen LogP contribution in [0.15, 0.2) is 42.6 Å². The van der Waals surface area contributed by atoms with Gasteiger partial charge in [0.1, 0.15) is 12.3 Å². The van der Waals surface area contributed by atoms with Crippen LogP contribution in [0, 0.1) is 0 Å². The largest absolute Gasteiger partial charge is 0.482 e. The lowest BCUT2D eigenvalue weighted by Gasteiger charge is -2.36. The number of benzene rings is 1. The van der Waals surface area contributed by atoms with Crippen LogP contribution >= 0.6 is 11.6 Å². The van der Waals surface area contributed by atoms with Crippen molar-refractivity contribution in [3.05, 3.63) is 53.3 Å². The monoisotopic (exact) mass is 400 g/mol. The SMILES string of the molecule is O=C(CN1C(=O)COc2ccc(Cl)cc21)N1CCN(Cc2ccccn2)CC1. The van der Waals surface area contributed by atoms with Crippen molar-refractivity contribution >= 4 is 29.1 Å². The Morgan fingerprint density at radius 2 is 1.96 bits per heavy atom. The van der Waals surface area contributed by atoms with Crippen molar-refractivity contribution < 1.29 is 14.3 Å². The summed E-state index contributed by atoms with van der Waals surface area (Å²) >= 11 is 6.06. The third-order valence-corrected chi connectivity index (χ3v) is 5.23. The summed E-state index contributed by atoms with van der Waals surface area (Å²) < 4.78 is 5.43. The molecule has 28 heavy (non-hydrogen) atoms. The van der Waals surface area contributed by atoms with Crippen LogP contribution in [-0.2, 0) is 16.1 Å². The van der Waals surface area contributed by atoms with E-state index in [1.807, 2.05) is 23.1 Å². The fraction of sp³-hybridized carbons (Fsp3) is 0.350. The number of halogens is 1. The molecule has 2 amide bonds. The van der Waals surface area contributed by atoms with Gasteiger partial charge in [-0.15, -0.1) is 0 Å². The zero-order valence-electron chi connectivity index (χ0n) is 15.4. The number of rotatable bonds is 4. The highest BCUT2D eigenvalue weighted by molar-refractivity contribution is 6.31. The van der Waals surface area contributed by atoms with Gasteiger partial charge in [-0.3, -0.25) is 24.4 Å². The summed E-state index contributed by atoms with van der Waals surface area (Å²) in [7, 11) is 0. The number of aromatic nitrogens is 1. The average Bonchev–Trinajstić information content (AvgIpc) is 2.71. The van der Waals surface area contributed by atoms with E-state index in [1.54, 1.807) is 24.4 Å². The van der Waals surface area contributed by atoms with Gasteiger partial charge in [0.15, 0.2) is 6.61 Å². The lowest BCUT2D eigenvalue weighted by Crippen LogP contribution is -2.52. The Balaban J connectivity index is 1.36. The number of hydrogen-bond donors (Lipinski definition) is 0. The number of hydrogen-bond acceptors (Lipinski definition) is 5. The molecule has 4 rings (SSSR count).